The number of hydrogen-bond donors (Lipinski definition) is 2. The minimum Gasteiger partial charge on any atom is -0.478 e. The highest BCUT2D eigenvalue weighted by molar-refractivity contribution is 7.86. The summed E-state index contributed by atoms with van der Waals surface area (Å²) in [5.41, 5.74) is 1.80. The molecule has 2 aromatic carbocycles. The highest BCUT2D eigenvalue weighted by Gasteiger charge is 2.39. The van der Waals surface area contributed by atoms with Crippen molar-refractivity contribution >= 4 is 21.9 Å². The van der Waals surface area contributed by atoms with Crippen molar-refractivity contribution in [3.63, 3.8) is 0 Å². The molecule has 0 aliphatic carbocycles. The maximum absolute atomic E-state index is 12.8. The van der Waals surface area contributed by atoms with Gasteiger partial charge < -0.3 is 19.8 Å². The maximum Gasteiger partial charge on any atom is 0.335 e. The van der Waals surface area contributed by atoms with Crippen LogP contribution in [-0.2, 0) is 29.5 Å². The summed E-state index contributed by atoms with van der Waals surface area (Å²) in [6, 6.07) is 11.6. The molecule has 0 saturated heterocycles. The summed E-state index contributed by atoms with van der Waals surface area (Å²) in [6.45, 7) is 0. The van der Waals surface area contributed by atoms with E-state index in [2.05, 4.69) is 4.18 Å². The second-order valence-corrected chi connectivity index (χ2v) is 6.62. The fourth-order valence-corrected chi connectivity index (χ4v) is 3.10. The van der Waals surface area contributed by atoms with Crippen LogP contribution in [0.3, 0.4) is 0 Å². The number of carbonyl (C=O) groups excluding carboxylic acids is 1. The molecule has 140 valence electrons. The first-order valence-electron chi connectivity index (χ1n) is 8.97. The standard InChI is InChI=1S/C18H15NO7S/c19-17-16(26-27(23,24)10-11-5-2-1-3-6-11)14(20)15(25-17)12-7-4-8-13(9-12)18(21)22/h1-9,15H,10,19H2,(H,21,22)/t15-/m1/s1/i10D2,15D. The number of ketones is 1. The van der Waals surface area contributed by atoms with Crippen LogP contribution in [0, 0.1) is 0 Å². The number of carboxylic acids is 1. The molecule has 0 bridgehead atoms. The number of rotatable bonds is 6. The van der Waals surface area contributed by atoms with E-state index < -0.39 is 45.3 Å². The molecule has 0 saturated carbocycles. The first-order valence-corrected chi connectivity index (χ1v) is 8.88. The van der Waals surface area contributed by atoms with Crippen molar-refractivity contribution in [1.82, 2.24) is 0 Å². The Kier molecular flexibility index (Phi) is 3.90. The van der Waals surface area contributed by atoms with Gasteiger partial charge in [-0.1, -0.05) is 42.5 Å². The molecule has 3 N–H and O–H groups in total. The molecular weight excluding hydrogens is 374 g/mol. The molecule has 8 nitrogen and oxygen atoms in total. The lowest BCUT2D eigenvalue weighted by Gasteiger charge is -2.10. The Morgan fingerprint density at radius 3 is 2.63 bits per heavy atom. The van der Waals surface area contributed by atoms with Crippen LogP contribution in [0.1, 0.15) is 31.7 Å². The fraction of sp³-hybridized carbons (Fsp3) is 0.111. The topological polar surface area (TPSA) is 133 Å². The Morgan fingerprint density at radius 1 is 1.26 bits per heavy atom. The van der Waals surface area contributed by atoms with Crippen LogP contribution in [0.4, 0.5) is 0 Å². The lowest BCUT2D eigenvalue weighted by atomic mass is 10.0. The van der Waals surface area contributed by atoms with Crippen molar-refractivity contribution in [2.24, 2.45) is 5.73 Å². The van der Waals surface area contributed by atoms with E-state index in [1.165, 1.54) is 42.5 Å². The molecule has 0 amide bonds. The summed E-state index contributed by atoms with van der Waals surface area (Å²) in [5.74, 6) is -4.55. The SMILES string of the molecule is [2H]C([2H])(c1ccccc1)S(=O)(=O)OC1=C(N)O[C@]([2H])(c2cccc(C(=O)O)c2)C1=O. The summed E-state index contributed by atoms with van der Waals surface area (Å²) in [5, 5.41) is 9.09. The molecule has 0 fully saturated rings. The summed E-state index contributed by atoms with van der Waals surface area (Å²) in [4.78, 5) is 23.9. The zero-order valence-corrected chi connectivity index (χ0v) is 14.4. The van der Waals surface area contributed by atoms with E-state index in [9.17, 15) is 18.0 Å². The molecule has 27 heavy (non-hydrogen) atoms. The van der Waals surface area contributed by atoms with Gasteiger partial charge in [0.05, 0.1) is 9.68 Å². The Labute approximate surface area is 159 Å². The van der Waals surface area contributed by atoms with Crippen LogP contribution in [0.2, 0.25) is 0 Å². The molecule has 1 aliphatic heterocycles. The van der Waals surface area contributed by atoms with E-state index in [1.54, 1.807) is 6.07 Å². The molecule has 1 heterocycles. The highest BCUT2D eigenvalue weighted by atomic mass is 32.2. The average molecular weight is 392 g/mol. The predicted octanol–water partition coefficient (Wildman–Crippen LogP) is 1.70. The van der Waals surface area contributed by atoms with Gasteiger partial charge in [0.15, 0.2) is 6.08 Å². The first-order chi connectivity index (χ1) is 13.9. The van der Waals surface area contributed by atoms with E-state index in [1.807, 2.05) is 0 Å². The lowest BCUT2D eigenvalue weighted by molar-refractivity contribution is -0.123. The molecule has 0 radical (unpaired) electrons. The van der Waals surface area contributed by atoms with Crippen LogP contribution in [0.25, 0.3) is 0 Å². The van der Waals surface area contributed by atoms with Crippen molar-refractivity contribution in [2.45, 2.75) is 11.8 Å². The number of nitrogens with two attached hydrogens (primary N) is 1. The van der Waals surface area contributed by atoms with E-state index in [0.29, 0.717) is 0 Å². The minimum atomic E-state index is -5.10. The third-order valence-corrected chi connectivity index (χ3v) is 4.30. The number of benzene rings is 2. The summed E-state index contributed by atoms with van der Waals surface area (Å²) < 4.78 is 59.0. The highest BCUT2D eigenvalue weighted by Crippen LogP contribution is 2.33. The summed E-state index contributed by atoms with van der Waals surface area (Å²) in [7, 11) is -5.10. The third-order valence-electron chi connectivity index (χ3n) is 3.43. The number of carboxylic acid groups (broad SMARTS) is 1. The number of aromatic carboxylic acids is 1. The lowest BCUT2D eigenvalue weighted by Crippen LogP contribution is -2.16. The van der Waals surface area contributed by atoms with Crippen molar-refractivity contribution < 1.29 is 36.1 Å². The maximum atomic E-state index is 12.8. The number of carbonyl (C=O) groups is 2. The predicted molar refractivity (Wildman–Crippen MR) is 93.6 cm³/mol. The van der Waals surface area contributed by atoms with Gasteiger partial charge in [-0.15, -0.1) is 0 Å². The Hall–Kier alpha value is -3.33. The van der Waals surface area contributed by atoms with Gasteiger partial charge in [0.1, 0.15) is 5.70 Å². The molecule has 1 atom stereocenters. The first kappa shape index (κ1) is 14.8. The van der Waals surface area contributed by atoms with E-state index >= 15 is 0 Å². The quantitative estimate of drug-likeness (QED) is 0.710. The minimum absolute atomic E-state index is 0.225. The zero-order valence-electron chi connectivity index (χ0n) is 16.6. The largest absolute Gasteiger partial charge is 0.478 e. The van der Waals surface area contributed by atoms with E-state index in [-0.39, 0.29) is 16.7 Å². The number of Topliss-reactive ketones (excluding diaryl/α,β-unsaturated/α-hetero) is 1. The van der Waals surface area contributed by atoms with Crippen LogP contribution < -0.4 is 5.73 Å². The van der Waals surface area contributed by atoms with Gasteiger partial charge in [-0.05, 0) is 17.7 Å². The molecule has 9 heteroatoms. The fourth-order valence-electron chi connectivity index (χ4n) is 2.26. The molecule has 2 aromatic rings. The number of hydrogen-bond acceptors (Lipinski definition) is 7. The number of ether oxygens (including phenoxy) is 1. The van der Waals surface area contributed by atoms with Crippen molar-refractivity contribution in [2.75, 3.05) is 0 Å². The Morgan fingerprint density at radius 2 is 1.96 bits per heavy atom. The second kappa shape index (κ2) is 7.12. The molecule has 0 aromatic heterocycles. The van der Waals surface area contributed by atoms with Crippen LogP contribution in [-0.4, -0.2) is 25.3 Å². The van der Waals surface area contributed by atoms with Gasteiger partial charge >= 0.3 is 16.1 Å². The van der Waals surface area contributed by atoms with Gasteiger partial charge in [-0.2, -0.15) is 8.42 Å². The average Bonchev–Trinajstić information content (AvgIpc) is 2.92. The van der Waals surface area contributed by atoms with Crippen LogP contribution in [0.15, 0.2) is 66.2 Å². The van der Waals surface area contributed by atoms with E-state index in [0.717, 1.165) is 6.07 Å². The Bertz CT molecular complexity index is 1170. The normalized spacial score (nSPS) is 21.8. The van der Waals surface area contributed by atoms with Gasteiger partial charge in [-0.25, -0.2) is 4.79 Å². The van der Waals surface area contributed by atoms with Gasteiger partial charge in [0.2, 0.25) is 17.4 Å². The van der Waals surface area contributed by atoms with Crippen LogP contribution >= 0.6 is 0 Å². The second-order valence-electron chi connectivity index (χ2n) is 5.35. The summed E-state index contributed by atoms with van der Waals surface area (Å²) >= 11 is 0. The van der Waals surface area contributed by atoms with E-state index in [4.69, 9.17) is 19.7 Å². The zero-order chi connectivity index (χ0) is 22.3. The van der Waals surface area contributed by atoms with Crippen molar-refractivity contribution in [3.8, 4) is 0 Å². The molecule has 0 unspecified atom stereocenters. The van der Waals surface area contributed by atoms with Crippen molar-refractivity contribution in [1.29, 1.82) is 0 Å². The van der Waals surface area contributed by atoms with Gasteiger partial charge in [0.25, 0.3) is 0 Å². The van der Waals surface area contributed by atoms with Gasteiger partial charge in [-0.3, -0.25) is 4.79 Å². The molecule has 3 rings (SSSR count). The smallest absolute Gasteiger partial charge is 0.335 e. The van der Waals surface area contributed by atoms with Crippen LogP contribution in [0.5, 0.6) is 0 Å². The Balaban J connectivity index is 1.95. The molecular formula is C18H15NO7S. The third kappa shape index (κ3) is 4.09. The van der Waals surface area contributed by atoms with Gasteiger partial charge in [0, 0.05) is 5.56 Å². The monoisotopic (exact) mass is 392 g/mol. The van der Waals surface area contributed by atoms with Crippen molar-refractivity contribution in [3.05, 3.63) is 82.9 Å². The summed E-state index contributed by atoms with van der Waals surface area (Å²) in [6.07, 6.45) is -2.60. The molecule has 1 aliphatic rings. The molecule has 0 spiro atoms.